The first kappa shape index (κ1) is 19.2. The number of nitrogens with zero attached hydrogens (tertiary/aromatic N) is 1. The molecule has 1 aliphatic rings. The number of carbonyl (C=O) groups is 1. The van der Waals surface area contributed by atoms with Gasteiger partial charge in [0.15, 0.2) is 6.39 Å². The average Bonchev–Trinajstić information content (AvgIpc) is 2.73. The smallest absolute Gasteiger partial charge is 0.289 e. The maximum atomic E-state index is 11.9. The second kappa shape index (κ2) is 7.86. The standard InChI is InChI=1S/C13H21N3O2.2ClH/c1-9-11(18-8-16-9)12(17)15-7-10-13(2,3)5-4-6-14-10;;/h8,10,14H,4-7H2,1-3H3,(H,15,17);2*1H. The number of carbonyl (C=O) groups excluding carboxylic acids is 1. The molecule has 1 atom stereocenters. The third kappa shape index (κ3) is 4.36. The fourth-order valence-corrected chi connectivity index (χ4v) is 2.41. The Morgan fingerprint density at radius 3 is 2.80 bits per heavy atom. The molecule has 0 aromatic carbocycles. The summed E-state index contributed by atoms with van der Waals surface area (Å²) in [4.78, 5) is 15.8. The SMILES string of the molecule is Cc1ncoc1C(=O)NCC1NCCCC1(C)C.Cl.Cl. The summed E-state index contributed by atoms with van der Waals surface area (Å²) in [6, 6.07) is 0.304. The molecule has 2 N–H and O–H groups in total. The molecule has 0 spiro atoms. The Morgan fingerprint density at radius 1 is 1.55 bits per heavy atom. The lowest BCUT2D eigenvalue weighted by Gasteiger charge is -2.39. The number of amides is 1. The third-order valence-electron chi connectivity index (χ3n) is 3.75. The zero-order valence-corrected chi connectivity index (χ0v) is 13.7. The summed E-state index contributed by atoms with van der Waals surface area (Å²) < 4.78 is 5.07. The van der Waals surface area contributed by atoms with Crippen LogP contribution in [0.25, 0.3) is 0 Å². The molecule has 20 heavy (non-hydrogen) atoms. The largest absolute Gasteiger partial charge is 0.438 e. The Balaban J connectivity index is 0.00000180. The van der Waals surface area contributed by atoms with Crippen LogP contribution in [-0.2, 0) is 0 Å². The van der Waals surface area contributed by atoms with Gasteiger partial charge in [-0.2, -0.15) is 0 Å². The molecule has 1 aliphatic heterocycles. The predicted molar refractivity (Wildman–Crippen MR) is 82.9 cm³/mol. The van der Waals surface area contributed by atoms with Gasteiger partial charge in [0, 0.05) is 12.6 Å². The first-order valence-electron chi connectivity index (χ1n) is 6.42. The van der Waals surface area contributed by atoms with Crippen LogP contribution >= 0.6 is 24.8 Å². The van der Waals surface area contributed by atoms with Gasteiger partial charge in [-0.1, -0.05) is 13.8 Å². The third-order valence-corrected chi connectivity index (χ3v) is 3.75. The lowest BCUT2D eigenvalue weighted by molar-refractivity contribution is 0.0900. The van der Waals surface area contributed by atoms with Crippen LogP contribution in [0.1, 0.15) is 42.9 Å². The molecule has 1 aromatic rings. The van der Waals surface area contributed by atoms with E-state index in [2.05, 4.69) is 29.5 Å². The first-order chi connectivity index (χ1) is 8.50. The lowest BCUT2D eigenvalue weighted by atomic mass is 9.77. The van der Waals surface area contributed by atoms with Crippen LogP contribution in [0.5, 0.6) is 0 Å². The van der Waals surface area contributed by atoms with Gasteiger partial charge in [0.2, 0.25) is 5.76 Å². The van der Waals surface area contributed by atoms with Crippen LogP contribution in [0.4, 0.5) is 0 Å². The summed E-state index contributed by atoms with van der Waals surface area (Å²) in [7, 11) is 0. The normalized spacial score (nSPS) is 20.4. The van der Waals surface area contributed by atoms with Crippen LogP contribution in [0.2, 0.25) is 0 Å². The number of aromatic nitrogens is 1. The predicted octanol–water partition coefficient (Wildman–Crippen LogP) is 2.33. The van der Waals surface area contributed by atoms with Crippen LogP contribution in [0.15, 0.2) is 10.8 Å². The minimum Gasteiger partial charge on any atom is -0.438 e. The Labute approximate surface area is 132 Å². The number of oxazole rings is 1. The van der Waals surface area contributed by atoms with Crippen molar-refractivity contribution in [3.05, 3.63) is 17.8 Å². The number of rotatable bonds is 3. The molecular weight excluding hydrogens is 301 g/mol. The van der Waals surface area contributed by atoms with E-state index in [-0.39, 0.29) is 36.1 Å². The van der Waals surface area contributed by atoms with E-state index >= 15 is 0 Å². The number of nitrogens with one attached hydrogen (secondary N) is 2. The Morgan fingerprint density at radius 2 is 2.25 bits per heavy atom. The monoisotopic (exact) mass is 323 g/mol. The first-order valence-corrected chi connectivity index (χ1v) is 6.42. The minimum absolute atomic E-state index is 0. The Kier molecular flexibility index (Phi) is 7.55. The van der Waals surface area contributed by atoms with Crippen molar-refractivity contribution in [1.82, 2.24) is 15.6 Å². The molecule has 1 saturated heterocycles. The summed E-state index contributed by atoms with van der Waals surface area (Å²) in [5.41, 5.74) is 0.838. The van der Waals surface area contributed by atoms with E-state index in [1.54, 1.807) is 6.92 Å². The molecule has 1 unspecified atom stereocenters. The lowest BCUT2D eigenvalue weighted by Crippen LogP contribution is -2.52. The van der Waals surface area contributed by atoms with E-state index in [1.165, 1.54) is 19.2 Å². The number of hydrogen-bond donors (Lipinski definition) is 2. The van der Waals surface area contributed by atoms with Crippen LogP contribution < -0.4 is 10.6 Å². The van der Waals surface area contributed by atoms with E-state index in [9.17, 15) is 4.79 Å². The summed E-state index contributed by atoms with van der Waals surface area (Å²) in [6.07, 6.45) is 3.67. The molecule has 1 amide bonds. The molecule has 1 aromatic heterocycles. The number of aryl methyl sites for hydroxylation is 1. The van der Waals surface area contributed by atoms with Crippen molar-refractivity contribution in [2.45, 2.75) is 39.7 Å². The molecule has 2 heterocycles. The second-order valence-electron chi connectivity index (χ2n) is 5.58. The van der Waals surface area contributed by atoms with E-state index in [0.29, 0.717) is 24.0 Å². The van der Waals surface area contributed by atoms with Crippen LogP contribution in [0.3, 0.4) is 0 Å². The molecule has 5 nitrogen and oxygen atoms in total. The van der Waals surface area contributed by atoms with Crippen molar-refractivity contribution in [3.63, 3.8) is 0 Å². The van der Waals surface area contributed by atoms with Crippen molar-refractivity contribution >= 4 is 30.7 Å². The van der Waals surface area contributed by atoms with Gasteiger partial charge in [0.25, 0.3) is 5.91 Å². The summed E-state index contributed by atoms with van der Waals surface area (Å²) in [6.45, 7) is 7.86. The summed E-state index contributed by atoms with van der Waals surface area (Å²) in [5, 5.41) is 6.38. The number of hydrogen-bond acceptors (Lipinski definition) is 4. The van der Waals surface area contributed by atoms with Crippen molar-refractivity contribution in [3.8, 4) is 0 Å². The highest BCUT2D eigenvalue weighted by Gasteiger charge is 2.32. The highest BCUT2D eigenvalue weighted by Crippen LogP contribution is 2.29. The highest BCUT2D eigenvalue weighted by atomic mass is 35.5. The van der Waals surface area contributed by atoms with Crippen LogP contribution in [-0.4, -0.2) is 30.0 Å². The Bertz CT molecular complexity index is 435. The fraction of sp³-hybridized carbons (Fsp3) is 0.692. The van der Waals surface area contributed by atoms with E-state index in [0.717, 1.165) is 6.54 Å². The van der Waals surface area contributed by atoms with Gasteiger partial charge in [0.1, 0.15) is 0 Å². The topological polar surface area (TPSA) is 67.2 Å². The zero-order valence-electron chi connectivity index (χ0n) is 12.1. The zero-order chi connectivity index (χ0) is 13.2. The molecule has 2 rings (SSSR count). The maximum absolute atomic E-state index is 11.9. The molecule has 7 heteroatoms. The van der Waals surface area contributed by atoms with Crippen molar-refractivity contribution in [2.24, 2.45) is 5.41 Å². The Hall–Kier alpha value is -0.780. The van der Waals surface area contributed by atoms with Gasteiger partial charge in [-0.3, -0.25) is 4.79 Å². The summed E-state index contributed by atoms with van der Waals surface area (Å²) >= 11 is 0. The average molecular weight is 324 g/mol. The number of piperidine rings is 1. The van der Waals surface area contributed by atoms with Gasteiger partial charge in [0.05, 0.1) is 5.69 Å². The fourth-order valence-electron chi connectivity index (χ4n) is 2.41. The van der Waals surface area contributed by atoms with Gasteiger partial charge in [-0.05, 0) is 31.7 Å². The van der Waals surface area contributed by atoms with Gasteiger partial charge >= 0.3 is 0 Å². The van der Waals surface area contributed by atoms with Crippen molar-refractivity contribution < 1.29 is 9.21 Å². The second-order valence-corrected chi connectivity index (χ2v) is 5.58. The maximum Gasteiger partial charge on any atom is 0.289 e. The van der Waals surface area contributed by atoms with Gasteiger partial charge in [-0.25, -0.2) is 4.98 Å². The molecule has 0 aliphatic carbocycles. The van der Waals surface area contributed by atoms with Gasteiger partial charge in [-0.15, -0.1) is 24.8 Å². The highest BCUT2D eigenvalue weighted by molar-refractivity contribution is 5.92. The minimum atomic E-state index is -0.187. The quantitative estimate of drug-likeness (QED) is 0.895. The molecule has 1 fully saturated rings. The van der Waals surface area contributed by atoms with Crippen molar-refractivity contribution in [1.29, 1.82) is 0 Å². The van der Waals surface area contributed by atoms with Crippen LogP contribution in [0, 0.1) is 12.3 Å². The van der Waals surface area contributed by atoms with Crippen molar-refractivity contribution in [2.75, 3.05) is 13.1 Å². The van der Waals surface area contributed by atoms with Gasteiger partial charge < -0.3 is 15.1 Å². The number of halogens is 2. The molecule has 0 bridgehead atoms. The molecule has 116 valence electrons. The van der Waals surface area contributed by atoms with E-state index < -0.39 is 0 Å². The van der Waals surface area contributed by atoms with E-state index in [4.69, 9.17) is 4.42 Å². The molecule has 0 radical (unpaired) electrons. The van der Waals surface area contributed by atoms with E-state index in [1.807, 2.05) is 0 Å². The molecule has 0 saturated carbocycles. The summed E-state index contributed by atoms with van der Waals surface area (Å²) in [5.74, 6) is 0.122. The molecular formula is C13H23Cl2N3O2.